The average molecular weight is 481 g/mol. The maximum atomic E-state index is 14.1. The van der Waals surface area contributed by atoms with Gasteiger partial charge in [0, 0.05) is 41.7 Å². The summed E-state index contributed by atoms with van der Waals surface area (Å²) < 4.78 is 6.34. The Balaban J connectivity index is 1.32. The number of nitrogens with zero attached hydrogens (tertiary/aromatic N) is 2. The second kappa shape index (κ2) is 6.96. The lowest BCUT2D eigenvalue weighted by atomic mass is 9.48. The number of aliphatic hydroxyl groups is 1. The minimum absolute atomic E-state index is 0.0530. The molecule has 6 nitrogen and oxygen atoms in total. The fourth-order valence-electron chi connectivity index (χ4n) is 7.74. The molecule has 0 unspecified atom stereocenters. The smallest absolute Gasteiger partial charge is 0.200 e. The van der Waals surface area contributed by atoms with Gasteiger partial charge in [-0.3, -0.25) is 14.7 Å². The maximum absolute atomic E-state index is 14.1. The number of carbonyl (C=O) groups is 1. The first-order valence-electron chi connectivity index (χ1n) is 13.1. The van der Waals surface area contributed by atoms with Gasteiger partial charge in [-0.1, -0.05) is 24.3 Å². The molecule has 8 rings (SSSR count). The van der Waals surface area contributed by atoms with E-state index in [2.05, 4.69) is 9.88 Å². The molecule has 2 bridgehead atoms. The van der Waals surface area contributed by atoms with Crippen LogP contribution in [0.4, 0.5) is 0 Å². The van der Waals surface area contributed by atoms with E-state index in [4.69, 9.17) is 4.74 Å². The van der Waals surface area contributed by atoms with Gasteiger partial charge in [-0.05, 0) is 73.5 Å². The molecule has 3 fully saturated rings. The van der Waals surface area contributed by atoms with Gasteiger partial charge in [-0.2, -0.15) is 0 Å². The molecule has 2 N–H and O–H groups in total. The Kier molecular flexibility index (Phi) is 4.04. The molecule has 2 saturated carbocycles. The summed E-state index contributed by atoms with van der Waals surface area (Å²) >= 11 is 0. The van der Waals surface area contributed by atoms with Crippen LogP contribution in [0.15, 0.2) is 54.2 Å². The number of aromatic hydroxyl groups is 1. The van der Waals surface area contributed by atoms with E-state index in [0.717, 1.165) is 40.7 Å². The molecule has 2 aromatic carbocycles. The number of pyridine rings is 1. The Morgan fingerprint density at radius 3 is 2.89 bits per heavy atom. The van der Waals surface area contributed by atoms with E-state index in [1.165, 1.54) is 12.8 Å². The minimum Gasteiger partial charge on any atom is -0.504 e. The van der Waals surface area contributed by atoms with Gasteiger partial charge in [0.15, 0.2) is 23.4 Å². The Morgan fingerprint density at radius 2 is 2.03 bits per heavy atom. The van der Waals surface area contributed by atoms with Crippen molar-refractivity contribution in [1.29, 1.82) is 0 Å². The number of rotatable bonds is 3. The first kappa shape index (κ1) is 20.9. The lowest BCUT2D eigenvalue weighted by Crippen LogP contribution is -2.77. The van der Waals surface area contributed by atoms with Gasteiger partial charge in [0.2, 0.25) is 0 Å². The van der Waals surface area contributed by atoms with E-state index in [1.807, 2.05) is 42.5 Å². The largest absolute Gasteiger partial charge is 0.504 e. The van der Waals surface area contributed by atoms with Crippen LogP contribution in [0.25, 0.3) is 17.0 Å². The van der Waals surface area contributed by atoms with E-state index >= 15 is 0 Å². The Labute approximate surface area is 209 Å². The zero-order chi connectivity index (χ0) is 24.2. The van der Waals surface area contributed by atoms with Crippen molar-refractivity contribution in [3.05, 3.63) is 70.9 Å². The summed E-state index contributed by atoms with van der Waals surface area (Å²) in [5.74, 6) is 1.07. The van der Waals surface area contributed by atoms with Crippen molar-refractivity contribution < 1.29 is 19.7 Å². The summed E-state index contributed by atoms with van der Waals surface area (Å²) in [6.45, 7) is 1.83. The SMILES string of the molecule is O=C1/C(=C/c2ccnc3ccccc23)C[C@@]2(O)[C@H]3Cc4ccc(O)c5c4[C@@]2(CCN3CC2CC2)[C@H]1O5. The van der Waals surface area contributed by atoms with Crippen LogP contribution in [0.1, 0.15) is 42.4 Å². The van der Waals surface area contributed by atoms with E-state index in [1.54, 1.807) is 12.3 Å². The van der Waals surface area contributed by atoms with Gasteiger partial charge in [0.05, 0.1) is 16.5 Å². The highest BCUT2D eigenvalue weighted by Crippen LogP contribution is 2.65. The first-order valence-corrected chi connectivity index (χ1v) is 13.1. The number of para-hydroxylation sites is 1. The second-order valence-corrected chi connectivity index (χ2v) is 11.4. The molecule has 3 heterocycles. The molecular weight excluding hydrogens is 452 g/mol. The maximum Gasteiger partial charge on any atom is 0.200 e. The molecule has 182 valence electrons. The molecule has 2 aliphatic heterocycles. The van der Waals surface area contributed by atoms with Crippen molar-refractivity contribution in [2.75, 3.05) is 13.1 Å². The summed E-state index contributed by atoms with van der Waals surface area (Å²) in [7, 11) is 0. The first-order chi connectivity index (χ1) is 17.5. The van der Waals surface area contributed by atoms with Crippen molar-refractivity contribution in [3.63, 3.8) is 0 Å². The zero-order valence-corrected chi connectivity index (χ0v) is 20.0. The molecule has 5 aliphatic rings. The number of likely N-dealkylation sites (tertiary alicyclic amines) is 1. The molecule has 3 aliphatic carbocycles. The number of hydrogen-bond donors (Lipinski definition) is 2. The normalized spacial score (nSPS) is 33.6. The third kappa shape index (κ3) is 2.53. The number of ether oxygens (including phenoxy) is 1. The lowest BCUT2D eigenvalue weighted by Gasteiger charge is -2.62. The second-order valence-electron chi connectivity index (χ2n) is 11.4. The number of fused-ring (bicyclic) bond motifs is 1. The molecule has 1 saturated heterocycles. The average Bonchev–Trinajstić information content (AvgIpc) is 3.62. The number of phenolic OH excluding ortho intramolecular Hbond substituents is 1. The number of ketones is 1. The van der Waals surface area contributed by atoms with Gasteiger partial charge < -0.3 is 14.9 Å². The highest BCUT2D eigenvalue weighted by Gasteiger charge is 2.74. The lowest BCUT2D eigenvalue weighted by molar-refractivity contribution is -0.179. The number of carbonyl (C=O) groups excluding carboxylic acids is 1. The van der Waals surface area contributed by atoms with Crippen molar-refractivity contribution in [2.45, 2.75) is 55.3 Å². The number of phenols is 1. The molecule has 1 aromatic heterocycles. The Morgan fingerprint density at radius 1 is 1.17 bits per heavy atom. The third-order valence-electron chi connectivity index (χ3n) is 9.54. The van der Waals surface area contributed by atoms with Crippen LogP contribution in [0.3, 0.4) is 0 Å². The van der Waals surface area contributed by atoms with Crippen molar-refractivity contribution in [2.24, 2.45) is 5.92 Å². The third-order valence-corrected chi connectivity index (χ3v) is 9.54. The fraction of sp³-hybridized carbons (Fsp3) is 0.400. The van der Waals surface area contributed by atoms with Crippen molar-refractivity contribution in [3.8, 4) is 11.5 Å². The van der Waals surface area contributed by atoms with Gasteiger partial charge in [-0.25, -0.2) is 0 Å². The van der Waals surface area contributed by atoms with Crippen LogP contribution >= 0.6 is 0 Å². The number of benzene rings is 2. The van der Waals surface area contributed by atoms with Crippen LogP contribution in [-0.2, 0) is 16.6 Å². The topological polar surface area (TPSA) is 82.9 Å². The number of aromatic nitrogens is 1. The molecule has 0 radical (unpaired) electrons. The Bertz CT molecular complexity index is 1490. The molecule has 36 heavy (non-hydrogen) atoms. The number of piperidine rings is 1. The standard InChI is InChI=1S/C30H28N2O4/c33-23-8-7-19-14-24-30(35)15-20(13-18-9-11-31-22-4-2-1-3-21(18)22)26(34)28-29(30,25(19)27(23)36-28)10-12-32(24)16-17-5-6-17/h1-4,7-9,11,13,17,24,28,33,35H,5-6,10,12,14-16H2/b20-13+/t24-,28+,29+,30-/m1/s1. The van der Waals surface area contributed by atoms with Crippen LogP contribution < -0.4 is 4.74 Å². The summed E-state index contributed by atoms with van der Waals surface area (Å²) in [5, 5.41) is 24.5. The van der Waals surface area contributed by atoms with Crippen LogP contribution in [0.5, 0.6) is 11.5 Å². The van der Waals surface area contributed by atoms with Crippen LogP contribution in [0.2, 0.25) is 0 Å². The number of hydrogen-bond acceptors (Lipinski definition) is 6. The molecule has 3 aromatic rings. The summed E-state index contributed by atoms with van der Waals surface area (Å²) in [6.07, 6.45) is 7.00. The summed E-state index contributed by atoms with van der Waals surface area (Å²) in [5.41, 5.74) is 2.37. The van der Waals surface area contributed by atoms with E-state index in [9.17, 15) is 15.0 Å². The summed E-state index contributed by atoms with van der Waals surface area (Å²) in [6, 6.07) is 13.4. The van der Waals surface area contributed by atoms with E-state index in [-0.39, 0.29) is 24.0 Å². The van der Waals surface area contributed by atoms with Gasteiger partial charge in [0.1, 0.15) is 0 Å². The van der Waals surface area contributed by atoms with Crippen molar-refractivity contribution in [1.82, 2.24) is 9.88 Å². The van der Waals surface area contributed by atoms with Gasteiger partial charge in [-0.15, -0.1) is 0 Å². The molecule has 4 atom stereocenters. The van der Waals surface area contributed by atoms with E-state index < -0.39 is 17.1 Å². The molecular formula is C30H28N2O4. The molecule has 1 spiro atoms. The quantitative estimate of drug-likeness (QED) is 0.556. The number of Topliss-reactive ketones (excluding diaryl/α,β-unsaturated/α-hetero) is 1. The predicted molar refractivity (Wildman–Crippen MR) is 135 cm³/mol. The monoisotopic (exact) mass is 480 g/mol. The van der Waals surface area contributed by atoms with Crippen molar-refractivity contribution >= 4 is 22.8 Å². The highest BCUT2D eigenvalue weighted by molar-refractivity contribution is 6.07. The predicted octanol–water partition coefficient (Wildman–Crippen LogP) is 3.77. The molecule has 0 amide bonds. The Hall–Kier alpha value is -3.22. The van der Waals surface area contributed by atoms with Crippen LogP contribution in [-0.4, -0.2) is 56.7 Å². The van der Waals surface area contributed by atoms with E-state index in [0.29, 0.717) is 30.1 Å². The summed E-state index contributed by atoms with van der Waals surface area (Å²) in [4.78, 5) is 21.0. The highest BCUT2D eigenvalue weighted by atomic mass is 16.5. The minimum atomic E-state index is -1.15. The van der Waals surface area contributed by atoms with Gasteiger partial charge >= 0.3 is 0 Å². The van der Waals surface area contributed by atoms with Gasteiger partial charge in [0.25, 0.3) is 0 Å². The van der Waals surface area contributed by atoms with Crippen LogP contribution in [0, 0.1) is 5.92 Å². The molecule has 6 heteroatoms. The zero-order valence-electron chi connectivity index (χ0n) is 20.0. The fourth-order valence-corrected chi connectivity index (χ4v) is 7.74.